The number of Topliss-reactive ketones (excluding diaryl/α,β-unsaturated/α-hetero) is 1. The normalized spacial score (nSPS) is 11.7. The van der Waals surface area contributed by atoms with Crippen molar-refractivity contribution in [2.24, 2.45) is 0 Å². The summed E-state index contributed by atoms with van der Waals surface area (Å²) in [6, 6.07) is 18.4. The first kappa shape index (κ1) is 34.1. The fourth-order valence-corrected chi connectivity index (χ4v) is 4.72. The molecule has 0 spiro atoms. The number of hydrogen-bond acceptors (Lipinski definition) is 5. The average molecular weight is 602 g/mol. The van der Waals surface area contributed by atoms with Crippen LogP contribution in [0.15, 0.2) is 60.7 Å². The van der Waals surface area contributed by atoms with Gasteiger partial charge in [-0.15, -0.1) is 0 Å². The molecule has 3 aromatic carbocycles. The quantitative estimate of drug-likeness (QED) is 0.170. The molecule has 0 aromatic heterocycles. The minimum atomic E-state index is -0.442. The fraction of sp³-hybridized carbons (Fsp3) is 0.400. The second-order valence-electron chi connectivity index (χ2n) is 13.4. The van der Waals surface area contributed by atoms with Crippen LogP contribution in [-0.4, -0.2) is 48.6 Å². The Morgan fingerprint density at radius 1 is 0.705 bits per heavy atom. The zero-order valence-corrected chi connectivity index (χ0v) is 27.2. The molecule has 0 unspecified atom stereocenters. The lowest BCUT2D eigenvalue weighted by Crippen LogP contribution is -2.39. The summed E-state index contributed by atoms with van der Waals surface area (Å²) < 4.78 is 0. The molecule has 0 saturated carbocycles. The van der Waals surface area contributed by atoms with Gasteiger partial charge in [0.15, 0.2) is 5.78 Å². The number of urea groups is 2. The van der Waals surface area contributed by atoms with Crippen LogP contribution in [0.1, 0.15) is 75.8 Å². The predicted molar refractivity (Wildman–Crippen MR) is 177 cm³/mol. The maximum atomic E-state index is 12.6. The van der Waals surface area contributed by atoms with Crippen LogP contribution in [0, 0.1) is 0 Å². The molecule has 236 valence electrons. The molecule has 9 heteroatoms. The molecular formula is C35H47N5O4. The summed E-state index contributed by atoms with van der Waals surface area (Å²) in [7, 11) is 3.48. The zero-order valence-electron chi connectivity index (χ0n) is 27.2. The Bertz CT molecular complexity index is 1420. The van der Waals surface area contributed by atoms with Gasteiger partial charge in [0.2, 0.25) is 0 Å². The first-order valence-corrected chi connectivity index (χ1v) is 14.9. The topological polar surface area (TPSA) is 123 Å². The minimum absolute atomic E-state index is 0.0675. The molecular weight excluding hydrogens is 554 g/mol. The number of hydrogen-bond donors (Lipinski definition) is 5. The van der Waals surface area contributed by atoms with E-state index in [1.54, 1.807) is 19.1 Å². The number of amides is 4. The molecule has 3 rings (SSSR count). The van der Waals surface area contributed by atoms with Crippen molar-refractivity contribution in [3.05, 3.63) is 88.5 Å². The van der Waals surface area contributed by atoms with Crippen LogP contribution in [0.3, 0.4) is 0 Å². The highest BCUT2D eigenvalue weighted by atomic mass is 16.3. The number of hydrazine groups is 1. The second-order valence-corrected chi connectivity index (χ2v) is 13.4. The molecule has 3 aromatic rings. The van der Waals surface area contributed by atoms with Gasteiger partial charge in [0.05, 0.1) is 6.54 Å². The third kappa shape index (κ3) is 10.4. The van der Waals surface area contributed by atoms with Crippen molar-refractivity contribution in [2.75, 3.05) is 31.3 Å². The molecule has 5 N–H and O–H groups in total. The number of nitrogens with zero attached hydrogens (tertiary/aromatic N) is 1. The van der Waals surface area contributed by atoms with Crippen molar-refractivity contribution in [3.8, 4) is 5.75 Å². The highest BCUT2D eigenvalue weighted by Gasteiger charge is 2.26. The summed E-state index contributed by atoms with van der Waals surface area (Å²) in [6.07, 6.45) is 1.51. The lowest BCUT2D eigenvalue weighted by Gasteiger charge is -2.28. The van der Waals surface area contributed by atoms with Gasteiger partial charge >= 0.3 is 12.1 Å². The van der Waals surface area contributed by atoms with E-state index in [0.717, 1.165) is 27.8 Å². The number of nitrogens with one attached hydrogen (secondary N) is 4. The number of carbonyl (C=O) groups is 3. The maximum Gasteiger partial charge on any atom is 0.333 e. The summed E-state index contributed by atoms with van der Waals surface area (Å²) in [6.45, 7) is 12.3. The lowest BCUT2D eigenvalue weighted by atomic mass is 9.78. The SMILES string of the molecule is CN(C)NC(=O)Nc1ccc(Cc2ccc(NC(=O)NCC(=O)CCc3cc(C(C)(C)C)c(O)c(C(C)(C)C)c3)cc2)cc1. The Balaban J connectivity index is 1.48. The van der Waals surface area contributed by atoms with Crippen LogP contribution >= 0.6 is 0 Å². The third-order valence-electron chi connectivity index (χ3n) is 7.08. The van der Waals surface area contributed by atoms with Crippen LogP contribution in [0.2, 0.25) is 0 Å². The van der Waals surface area contributed by atoms with Gasteiger partial charge in [0, 0.05) is 31.9 Å². The van der Waals surface area contributed by atoms with E-state index >= 15 is 0 Å². The molecule has 0 aliphatic carbocycles. The Morgan fingerprint density at radius 2 is 1.16 bits per heavy atom. The van der Waals surface area contributed by atoms with Crippen molar-refractivity contribution in [1.82, 2.24) is 15.8 Å². The highest BCUT2D eigenvalue weighted by molar-refractivity contribution is 5.92. The van der Waals surface area contributed by atoms with Gasteiger partial charge in [0.25, 0.3) is 0 Å². The van der Waals surface area contributed by atoms with E-state index in [0.29, 0.717) is 30.0 Å². The molecule has 0 bridgehead atoms. The van der Waals surface area contributed by atoms with Crippen LogP contribution < -0.4 is 21.4 Å². The Hall–Kier alpha value is -4.37. The Labute approximate surface area is 261 Å². The van der Waals surface area contributed by atoms with Crippen LogP contribution in [-0.2, 0) is 28.5 Å². The van der Waals surface area contributed by atoms with Crippen molar-refractivity contribution in [1.29, 1.82) is 0 Å². The molecule has 44 heavy (non-hydrogen) atoms. The van der Waals surface area contributed by atoms with Gasteiger partial charge in [-0.1, -0.05) is 77.9 Å². The summed E-state index contributed by atoms with van der Waals surface area (Å²) in [5, 5.41) is 20.7. The first-order chi connectivity index (χ1) is 20.5. The molecule has 0 saturated heterocycles. The monoisotopic (exact) mass is 601 g/mol. The smallest absolute Gasteiger partial charge is 0.333 e. The molecule has 0 fully saturated rings. The number of aromatic hydroxyl groups is 1. The number of phenols is 1. The molecule has 0 radical (unpaired) electrons. The third-order valence-corrected chi connectivity index (χ3v) is 7.08. The number of carbonyl (C=O) groups excluding carboxylic acids is 3. The van der Waals surface area contributed by atoms with Crippen molar-refractivity contribution < 1.29 is 19.5 Å². The van der Waals surface area contributed by atoms with Crippen LogP contribution in [0.4, 0.5) is 21.0 Å². The molecule has 0 aliphatic rings. The maximum absolute atomic E-state index is 12.6. The van der Waals surface area contributed by atoms with E-state index in [1.165, 1.54) is 0 Å². The van der Waals surface area contributed by atoms with Crippen molar-refractivity contribution in [2.45, 2.75) is 71.6 Å². The second kappa shape index (κ2) is 14.4. The Kier molecular flexibility index (Phi) is 11.2. The molecule has 9 nitrogen and oxygen atoms in total. The number of rotatable bonds is 10. The van der Waals surface area contributed by atoms with E-state index in [9.17, 15) is 19.5 Å². The van der Waals surface area contributed by atoms with Gasteiger partial charge in [-0.3, -0.25) is 10.2 Å². The number of ketones is 1. The minimum Gasteiger partial charge on any atom is -0.507 e. The standard InChI is InChI=1S/C35H47N5O4/c1-34(2,3)29-20-25(21-30(31(29)42)35(4,5)6)13-18-28(41)22-36-32(43)37-26-14-9-23(10-15-26)19-24-11-16-27(17-12-24)38-33(44)39-40(7)8/h9-12,14-17,20-21,42H,13,18-19,22H2,1-8H3,(H2,36,37,43)(H2,38,39,44). The number of aryl methyl sites for hydroxylation is 1. The summed E-state index contributed by atoms with van der Waals surface area (Å²) >= 11 is 0. The number of anilines is 2. The summed E-state index contributed by atoms with van der Waals surface area (Å²) in [4.78, 5) is 36.9. The zero-order chi connectivity index (χ0) is 32.7. The summed E-state index contributed by atoms with van der Waals surface area (Å²) in [5.41, 5.74) is 8.35. The molecule has 4 amide bonds. The molecule has 0 atom stereocenters. The first-order valence-electron chi connectivity index (χ1n) is 14.9. The molecule has 0 aliphatic heterocycles. The van der Waals surface area contributed by atoms with E-state index in [2.05, 4.69) is 62.9 Å². The van der Waals surface area contributed by atoms with Gasteiger partial charge in [-0.25, -0.2) is 14.6 Å². The molecule has 0 heterocycles. The average Bonchev–Trinajstić information content (AvgIpc) is 2.91. The largest absolute Gasteiger partial charge is 0.507 e. The highest BCUT2D eigenvalue weighted by Crippen LogP contribution is 2.40. The van der Waals surface area contributed by atoms with E-state index in [1.807, 2.05) is 60.7 Å². The predicted octanol–water partition coefficient (Wildman–Crippen LogP) is 6.50. The van der Waals surface area contributed by atoms with Crippen molar-refractivity contribution in [3.63, 3.8) is 0 Å². The van der Waals surface area contributed by atoms with E-state index in [-0.39, 0.29) is 35.6 Å². The summed E-state index contributed by atoms with van der Waals surface area (Å²) in [5.74, 6) is 0.249. The lowest BCUT2D eigenvalue weighted by molar-refractivity contribution is -0.118. The Morgan fingerprint density at radius 3 is 1.59 bits per heavy atom. The van der Waals surface area contributed by atoms with Crippen molar-refractivity contribution >= 4 is 29.2 Å². The number of benzene rings is 3. The van der Waals surface area contributed by atoms with E-state index < -0.39 is 6.03 Å². The van der Waals surface area contributed by atoms with Crippen LogP contribution in [0.25, 0.3) is 0 Å². The van der Waals surface area contributed by atoms with Gasteiger partial charge in [-0.05, 0) is 75.8 Å². The fourth-order valence-electron chi connectivity index (χ4n) is 4.72. The van der Waals surface area contributed by atoms with Gasteiger partial charge in [0.1, 0.15) is 5.75 Å². The van der Waals surface area contributed by atoms with Gasteiger partial charge in [-0.2, -0.15) is 0 Å². The van der Waals surface area contributed by atoms with E-state index in [4.69, 9.17) is 0 Å². The van der Waals surface area contributed by atoms with Crippen LogP contribution in [0.5, 0.6) is 5.75 Å². The number of phenolic OH excluding ortho intramolecular Hbond substituents is 1. The van der Waals surface area contributed by atoms with Gasteiger partial charge < -0.3 is 21.1 Å².